The third-order valence-electron chi connectivity index (χ3n) is 4.05. The summed E-state index contributed by atoms with van der Waals surface area (Å²) in [7, 11) is 0. The van der Waals surface area contributed by atoms with Gasteiger partial charge in [0.2, 0.25) is 5.91 Å². The highest BCUT2D eigenvalue weighted by Crippen LogP contribution is 2.33. The zero-order valence-electron chi connectivity index (χ0n) is 10.6. The maximum atomic E-state index is 12.5. The smallest absolute Gasteiger partial charge is 0.326 e. The predicted molar refractivity (Wildman–Crippen MR) is 64.0 cm³/mol. The normalized spacial score (nSPS) is 31.3. The van der Waals surface area contributed by atoms with Gasteiger partial charge in [-0.2, -0.15) is 0 Å². The van der Waals surface area contributed by atoms with Gasteiger partial charge in [0.15, 0.2) is 0 Å². The number of aliphatic carboxylic acids is 1. The highest BCUT2D eigenvalue weighted by Gasteiger charge is 2.45. The van der Waals surface area contributed by atoms with Crippen LogP contribution in [-0.2, 0) is 9.59 Å². The lowest BCUT2D eigenvalue weighted by atomic mass is 9.79. The van der Waals surface area contributed by atoms with Gasteiger partial charge in [0.25, 0.3) is 0 Å². The van der Waals surface area contributed by atoms with Crippen LogP contribution in [0.2, 0.25) is 0 Å². The Bertz CT molecular complexity index is 352. The molecule has 2 saturated heterocycles. The molecule has 0 saturated carbocycles. The molecule has 0 aliphatic carbocycles. The summed E-state index contributed by atoms with van der Waals surface area (Å²) in [6, 6.07) is -0.876. The van der Waals surface area contributed by atoms with E-state index in [1.807, 2.05) is 6.92 Å². The predicted octanol–water partition coefficient (Wildman–Crippen LogP) is -0.577. The molecule has 6 nitrogen and oxygen atoms in total. The lowest BCUT2D eigenvalue weighted by Crippen LogP contribution is -2.51. The zero-order chi connectivity index (χ0) is 13.3. The molecule has 0 aromatic rings. The molecule has 18 heavy (non-hydrogen) atoms. The van der Waals surface area contributed by atoms with Crippen LogP contribution in [0, 0.1) is 5.41 Å². The van der Waals surface area contributed by atoms with Gasteiger partial charge in [0, 0.05) is 18.4 Å². The first-order chi connectivity index (χ1) is 8.44. The Labute approximate surface area is 106 Å². The summed E-state index contributed by atoms with van der Waals surface area (Å²) < 4.78 is 0. The standard InChI is InChI=1S/C12H20N2O4/c1-12(2-4-13-5-3-12)11(18)14-7-8(15)6-9(14)10(16)17/h8-9,13,15H,2-7H2,1H3,(H,16,17)/t8-,9+/m1/s1. The van der Waals surface area contributed by atoms with E-state index in [1.54, 1.807) is 0 Å². The summed E-state index contributed by atoms with van der Waals surface area (Å²) in [5.41, 5.74) is -0.497. The van der Waals surface area contributed by atoms with Gasteiger partial charge in [-0.3, -0.25) is 4.79 Å². The van der Waals surface area contributed by atoms with E-state index in [-0.39, 0.29) is 18.9 Å². The third kappa shape index (κ3) is 2.35. The molecule has 0 spiro atoms. The maximum Gasteiger partial charge on any atom is 0.326 e. The van der Waals surface area contributed by atoms with Crippen molar-refractivity contribution >= 4 is 11.9 Å². The Balaban J connectivity index is 2.14. The minimum Gasteiger partial charge on any atom is -0.480 e. The lowest BCUT2D eigenvalue weighted by Gasteiger charge is -2.37. The summed E-state index contributed by atoms with van der Waals surface area (Å²) in [4.78, 5) is 25.0. The van der Waals surface area contributed by atoms with Crippen molar-refractivity contribution in [3.05, 3.63) is 0 Å². The number of nitrogens with zero attached hydrogens (tertiary/aromatic N) is 1. The van der Waals surface area contributed by atoms with Crippen molar-refractivity contribution in [1.82, 2.24) is 10.2 Å². The van der Waals surface area contributed by atoms with Crippen molar-refractivity contribution < 1.29 is 19.8 Å². The number of aliphatic hydroxyl groups is 1. The minimum atomic E-state index is -1.03. The van der Waals surface area contributed by atoms with Gasteiger partial charge in [-0.15, -0.1) is 0 Å². The van der Waals surface area contributed by atoms with Gasteiger partial charge in [0.05, 0.1) is 6.10 Å². The highest BCUT2D eigenvalue weighted by molar-refractivity contribution is 5.88. The fourth-order valence-corrected chi connectivity index (χ4v) is 2.81. The van der Waals surface area contributed by atoms with E-state index in [2.05, 4.69) is 5.32 Å². The highest BCUT2D eigenvalue weighted by atomic mass is 16.4. The quantitative estimate of drug-likeness (QED) is 0.615. The Hall–Kier alpha value is -1.14. The molecule has 0 bridgehead atoms. The summed E-state index contributed by atoms with van der Waals surface area (Å²) in [5, 5.41) is 21.9. The maximum absolute atomic E-state index is 12.5. The number of nitrogens with one attached hydrogen (secondary N) is 1. The van der Waals surface area contributed by atoms with Gasteiger partial charge in [-0.1, -0.05) is 6.92 Å². The number of rotatable bonds is 2. The first-order valence-electron chi connectivity index (χ1n) is 6.37. The average Bonchev–Trinajstić information content (AvgIpc) is 2.71. The van der Waals surface area contributed by atoms with Crippen LogP contribution in [-0.4, -0.2) is 58.8 Å². The number of hydrogen-bond acceptors (Lipinski definition) is 4. The Kier molecular flexibility index (Phi) is 3.59. The second-order valence-corrected chi connectivity index (χ2v) is 5.51. The van der Waals surface area contributed by atoms with E-state index in [0.29, 0.717) is 12.8 Å². The second kappa shape index (κ2) is 4.85. The fraction of sp³-hybridized carbons (Fsp3) is 0.833. The van der Waals surface area contributed by atoms with Crippen molar-refractivity contribution in [3.63, 3.8) is 0 Å². The summed E-state index contributed by atoms with van der Waals surface area (Å²) in [6.07, 6.45) is 0.839. The molecular formula is C12H20N2O4. The summed E-state index contributed by atoms with van der Waals surface area (Å²) in [6.45, 7) is 3.57. The summed E-state index contributed by atoms with van der Waals surface area (Å²) >= 11 is 0. The number of aliphatic hydroxyl groups excluding tert-OH is 1. The number of likely N-dealkylation sites (tertiary alicyclic amines) is 1. The molecular weight excluding hydrogens is 236 g/mol. The number of β-amino-alcohol motifs (C(OH)–C–C–N with tert-alkyl or cyclic N) is 1. The molecule has 2 heterocycles. The number of carboxylic acids is 1. The minimum absolute atomic E-state index is 0.132. The second-order valence-electron chi connectivity index (χ2n) is 5.51. The number of piperidine rings is 1. The molecule has 1 amide bonds. The van der Waals surface area contributed by atoms with Crippen LogP contribution in [0.4, 0.5) is 0 Å². The van der Waals surface area contributed by atoms with Crippen LogP contribution in [0.1, 0.15) is 26.2 Å². The van der Waals surface area contributed by atoms with Gasteiger partial charge in [-0.25, -0.2) is 4.79 Å². The van der Waals surface area contributed by atoms with E-state index in [9.17, 15) is 14.7 Å². The van der Waals surface area contributed by atoms with Crippen LogP contribution in [0.25, 0.3) is 0 Å². The zero-order valence-corrected chi connectivity index (χ0v) is 10.6. The Morgan fingerprint density at radius 3 is 2.50 bits per heavy atom. The molecule has 2 rings (SSSR count). The van der Waals surface area contributed by atoms with Crippen molar-refractivity contribution in [1.29, 1.82) is 0 Å². The molecule has 6 heteroatoms. The van der Waals surface area contributed by atoms with E-state index >= 15 is 0 Å². The Morgan fingerprint density at radius 1 is 1.33 bits per heavy atom. The van der Waals surface area contributed by atoms with E-state index in [1.165, 1.54) is 4.90 Å². The molecule has 102 valence electrons. The van der Waals surface area contributed by atoms with Crippen molar-refractivity contribution in [2.45, 2.75) is 38.3 Å². The molecule has 0 aromatic carbocycles. The van der Waals surface area contributed by atoms with Gasteiger partial charge >= 0.3 is 5.97 Å². The number of amides is 1. The lowest BCUT2D eigenvalue weighted by molar-refractivity contribution is -0.153. The van der Waals surface area contributed by atoms with Crippen LogP contribution >= 0.6 is 0 Å². The third-order valence-corrected chi connectivity index (χ3v) is 4.05. The number of hydrogen-bond donors (Lipinski definition) is 3. The topological polar surface area (TPSA) is 89.9 Å². The van der Waals surface area contributed by atoms with E-state index in [4.69, 9.17) is 5.11 Å². The first-order valence-corrected chi connectivity index (χ1v) is 6.37. The Morgan fingerprint density at radius 2 is 1.94 bits per heavy atom. The number of carbonyl (C=O) groups is 2. The van der Waals surface area contributed by atoms with Crippen molar-refractivity contribution in [3.8, 4) is 0 Å². The first kappa shape index (κ1) is 13.3. The molecule has 0 radical (unpaired) electrons. The molecule has 2 aliphatic rings. The molecule has 0 aromatic heterocycles. The molecule has 0 unspecified atom stereocenters. The van der Waals surface area contributed by atoms with E-state index < -0.39 is 23.5 Å². The van der Waals surface area contributed by atoms with Gasteiger partial charge in [-0.05, 0) is 25.9 Å². The largest absolute Gasteiger partial charge is 0.480 e. The van der Waals surface area contributed by atoms with Crippen LogP contribution in [0.3, 0.4) is 0 Å². The monoisotopic (exact) mass is 256 g/mol. The van der Waals surface area contributed by atoms with Crippen LogP contribution in [0.15, 0.2) is 0 Å². The molecule has 3 N–H and O–H groups in total. The van der Waals surface area contributed by atoms with Crippen LogP contribution < -0.4 is 5.32 Å². The number of carbonyl (C=O) groups excluding carboxylic acids is 1. The van der Waals surface area contributed by atoms with E-state index in [0.717, 1.165) is 13.1 Å². The average molecular weight is 256 g/mol. The fourth-order valence-electron chi connectivity index (χ4n) is 2.81. The summed E-state index contributed by atoms with van der Waals surface area (Å²) in [5.74, 6) is -1.16. The van der Waals surface area contributed by atoms with Gasteiger partial charge in [0.1, 0.15) is 6.04 Å². The molecule has 2 atom stereocenters. The van der Waals surface area contributed by atoms with Crippen LogP contribution in [0.5, 0.6) is 0 Å². The van der Waals surface area contributed by atoms with Crippen molar-refractivity contribution in [2.75, 3.05) is 19.6 Å². The number of carboxylic acid groups (broad SMARTS) is 1. The SMILES string of the molecule is CC1(C(=O)N2C[C@H](O)C[C@H]2C(=O)O)CCNCC1. The van der Waals surface area contributed by atoms with Crippen molar-refractivity contribution in [2.24, 2.45) is 5.41 Å². The molecule has 2 aliphatic heterocycles. The van der Waals surface area contributed by atoms with Gasteiger partial charge < -0.3 is 20.4 Å². The molecule has 2 fully saturated rings.